The van der Waals surface area contributed by atoms with Gasteiger partial charge >= 0.3 is 12.0 Å². The fourth-order valence-electron chi connectivity index (χ4n) is 1.37. The van der Waals surface area contributed by atoms with Gasteiger partial charge in [0.15, 0.2) is 6.10 Å². The van der Waals surface area contributed by atoms with Gasteiger partial charge in [0.05, 0.1) is 0 Å². The van der Waals surface area contributed by atoms with E-state index in [1.165, 1.54) is 31.2 Å². The van der Waals surface area contributed by atoms with E-state index >= 15 is 0 Å². The number of amides is 4. The Kier molecular flexibility index (Phi) is 6.33. The summed E-state index contributed by atoms with van der Waals surface area (Å²) in [6.07, 6.45) is -1.22. The molecule has 4 N–H and O–H groups in total. The van der Waals surface area contributed by atoms with Gasteiger partial charge in [0.1, 0.15) is 6.54 Å². The number of esters is 1. The average Bonchev–Trinajstić information content (AvgIpc) is 2.44. The van der Waals surface area contributed by atoms with Crippen molar-refractivity contribution in [3.8, 4) is 0 Å². The lowest BCUT2D eigenvalue weighted by molar-refractivity contribution is -0.153. The molecule has 0 saturated carbocycles. The monoisotopic (exact) mass is 327 g/mol. The van der Waals surface area contributed by atoms with Gasteiger partial charge in [0.2, 0.25) is 0 Å². The van der Waals surface area contributed by atoms with E-state index in [-0.39, 0.29) is 0 Å². The Morgan fingerprint density at radius 1 is 1.23 bits per heavy atom. The third-order valence-corrected chi connectivity index (χ3v) is 2.68. The van der Waals surface area contributed by atoms with Crippen LogP contribution in [0.1, 0.15) is 17.3 Å². The predicted molar refractivity (Wildman–Crippen MR) is 77.1 cm³/mol. The normalized spacial score (nSPS) is 11.2. The topological polar surface area (TPSA) is 128 Å². The van der Waals surface area contributed by atoms with Crippen LogP contribution in [-0.2, 0) is 14.3 Å². The Bertz CT molecular complexity index is 588. The second kappa shape index (κ2) is 7.99. The third kappa shape index (κ3) is 5.80. The molecule has 0 heterocycles. The molecule has 0 unspecified atom stereocenters. The number of primary amides is 1. The summed E-state index contributed by atoms with van der Waals surface area (Å²) >= 11 is 5.69. The lowest BCUT2D eigenvalue weighted by Crippen LogP contribution is -2.43. The quantitative estimate of drug-likeness (QED) is 0.665. The van der Waals surface area contributed by atoms with Crippen molar-refractivity contribution in [3.63, 3.8) is 0 Å². The van der Waals surface area contributed by atoms with Crippen molar-refractivity contribution in [2.75, 3.05) is 6.54 Å². The van der Waals surface area contributed by atoms with Crippen molar-refractivity contribution in [1.29, 1.82) is 0 Å². The zero-order valence-corrected chi connectivity index (χ0v) is 12.3. The highest BCUT2D eigenvalue weighted by Crippen LogP contribution is 2.09. The van der Waals surface area contributed by atoms with Crippen LogP contribution in [0, 0.1) is 0 Å². The molecule has 0 aliphatic heterocycles. The number of nitrogens with one attached hydrogen (secondary N) is 2. The lowest BCUT2D eigenvalue weighted by Gasteiger charge is -2.12. The molecule has 4 amide bonds. The number of urea groups is 1. The van der Waals surface area contributed by atoms with E-state index < -0.39 is 36.5 Å². The molecule has 1 aromatic carbocycles. The third-order valence-electron chi connectivity index (χ3n) is 2.42. The molecule has 0 bridgehead atoms. The molecular weight excluding hydrogens is 314 g/mol. The number of imide groups is 1. The molecule has 8 nitrogen and oxygen atoms in total. The number of ether oxygens (including phenoxy) is 1. The first-order chi connectivity index (χ1) is 10.3. The van der Waals surface area contributed by atoms with Gasteiger partial charge in [-0.2, -0.15) is 0 Å². The molecule has 0 aliphatic carbocycles. The number of carbonyl (C=O) groups is 4. The molecule has 118 valence electrons. The van der Waals surface area contributed by atoms with E-state index in [2.05, 4.69) is 5.32 Å². The van der Waals surface area contributed by atoms with Gasteiger partial charge in [-0.05, 0) is 31.2 Å². The second-order valence-electron chi connectivity index (χ2n) is 4.18. The number of benzene rings is 1. The van der Waals surface area contributed by atoms with E-state index in [1.807, 2.05) is 0 Å². The van der Waals surface area contributed by atoms with Crippen LogP contribution in [0.3, 0.4) is 0 Å². The minimum Gasteiger partial charge on any atom is -0.451 e. The lowest BCUT2D eigenvalue weighted by atomic mass is 10.2. The minimum atomic E-state index is -1.22. The van der Waals surface area contributed by atoms with Crippen LogP contribution in [0.4, 0.5) is 4.79 Å². The SMILES string of the molecule is C[C@@H](OC(=O)CNC(=O)c1ccc(Cl)cc1)C(=O)NC(N)=O. The fraction of sp³-hybridized carbons (Fsp3) is 0.231. The number of carbonyl (C=O) groups excluding carboxylic acids is 4. The van der Waals surface area contributed by atoms with Gasteiger partial charge in [0, 0.05) is 10.6 Å². The van der Waals surface area contributed by atoms with Gasteiger partial charge < -0.3 is 15.8 Å². The second-order valence-corrected chi connectivity index (χ2v) is 4.61. The van der Waals surface area contributed by atoms with Crippen molar-refractivity contribution < 1.29 is 23.9 Å². The molecule has 1 rings (SSSR count). The summed E-state index contributed by atoms with van der Waals surface area (Å²) in [6, 6.07) is 5.00. The molecule has 1 aromatic rings. The molecule has 0 radical (unpaired) electrons. The Labute approximate surface area is 130 Å². The van der Waals surface area contributed by atoms with Crippen LogP contribution < -0.4 is 16.4 Å². The highest BCUT2D eigenvalue weighted by molar-refractivity contribution is 6.30. The van der Waals surface area contributed by atoms with Crippen molar-refractivity contribution in [2.24, 2.45) is 5.73 Å². The highest BCUT2D eigenvalue weighted by atomic mass is 35.5. The summed E-state index contributed by atoms with van der Waals surface area (Å²) in [5.41, 5.74) is 5.07. The largest absolute Gasteiger partial charge is 0.451 e. The van der Waals surface area contributed by atoms with Gasteiger partial charge in [-0.15, -0.1) is 0 Å². The summed E-state index contributed by atoms with van der Waals surface area (Å²) in [7, 11) is 0. The van der Waals surface area contributed by atoms with Crippen LogP contribution in [0.2, 0.25) is 5.02 Å². The zero-order valence-electron chi connectivity index (χ0n) is 11.6. The maximum atomic E-state index is 11.7. The Morgan fingerprint density at radius 2 is 1.82 bits per heavy atom. The number of rotatable bonds is 5. The van der Waals surface area contributed by atoms with Crippen LogP contribution >= 0.6 is 11.6 Å². The molecule has 0 fully saturated rings. The first-order valence-electron chi connectivity index (χ1n) is 6.13. The fourth-order valence-corrected chi connectivity index (χ4v) is 1.50. The number of halogens is 1. The smallest absolute Gasteiger partial charge is 0.326 e. The molecule has 0 saturated heterocycles. The summed E-state index contributed by atoms with van der Waals surface area (Å²) in [6.45, 7) is 0.826. The van der Waals surface area contributed by atoms with E-state index in [4.69, 9.17) is 22.1 Å². The van der Waals surface area contributed by atoms with Gasteiger partial charge in [0.25, 0.3) is 11.8 Å². The van der Waals surface area contributed by atoms with E-state index in [0.29, 0.717) is 10.6 Å². The molecule has 0 spiro atoms. The molecule has 22 heavy (non-hydrogen) atoms. The highest BCUT2D eigenvalue weighted by Gasteiger charge is 2.19. The van der Waals surface area contributed by atoms with Crippen LogP contribution in [0.5, 0.6) is 0 Å². The van der Waals surface area contributed by atoms with Crippen LogP contribution in [0.25, 0.3) is 0 Å². The summed E-state index contributed by atoms with van der Waals surface area (Å²) in [4.78, 5) is 45.0. The Balaban J connectivity index is 2.42. The molecule has 0 aliphatic rings. The van der Waals surface area contributed by atoms with Crippen LogP contribution in [-0.4, -0.2) is 36.5 Å². The van der Waals surface area contributed by atoms with Crippen molar-refractivity contribution in [2.45, 2.75) is 13.0 Å². The number of hydrogen-bond acceptors (Lipinski definition) is 5. The van der Waals surface area contributed by atoms with Gasteiger partial charge in [-0.3, -0.25) is 19.7 Å². The van der Waals surface area contributed by atoms with Gasteiger partial charge in [-0.1, -0.05) is 11.6 Å². The van der Waals surface area contributed by atoms with E-state index in [9.17, 15) is 19.2 Å². The minimum absolute atomic E-state index is 0.316. The average molecular weight is 328 g/mol. The summed E-state index contributed by atoms with van der Waals surface area (Å²) < 4.78 is 4.72. The standard InChI is InChI=1S/C13H14ClN3O5/c1-7(11(19)17-13(15)21)22-10(18)6-16-12(20)8-2-4-9(14)5-3-8/h2-5,7H,6H2,1H3,(H,16,20)(H3,15,17,19,21)/t7-/m1/s1. The summed E-state index contributed by atoms with van der Waals surface area (Å²) in [5.74, 6) is -2.19. The molecule has 0 aromatic heterocycles. The van der Waals surface area contributed by atoms with Gasteiger partial charge in [-0.25, -0.2) is 4.79 Å². The van der Waals surface area contributed by atoms with Crippen molar-refractivity contribution >= 4 is 35.4 Å². The maximum absolute atomic E-state index is 11.7. The maximum Gasteiger partial charge on any atom is 0.326 e. The first-order valence-corrected chi connectivity index (χ1v) is 6.51. The van der Waals surface area contributed by atoms with Crippen molar-refractivity contribution in [1.82, 2.24) is 10.6 Å². The van der Waals surface area contributed by atoms with E-state index in [0.717, 1.165) is 0 Å². The van der Waals surface area contributed by atoms with Crippen molar-refractivity contribution in [3.05, 3.63) is 34.9 Å². The first kappa shape index (κ1) is 17.4. The summed E-state index contributed by atoms with van der Waals surface area (Å²) in [5, 5.41) is 4.57. The van der Waals surface area contributed by atoms with E-state index in [1.54, 1.807) is 5.32 Å². The molecule has 1 atom stereocenters. The number of nitrogens with two attached hydrogens (primary N) is 1. The zero-order chi connectivity index (χ0) is 16.7. The molecular formula is C13H14ClN3O5. The molecule has 9 heteroatoms. The van der Waals surface area contributed by atoms with Crippen LogP contribution in [0.15, 0.2) is 24.3 Å². The Morgan fingerprint density at radius 3 is 2.36 bits per heavy atom. The Hall–Kier alpha value is -2.61. The number of hydrogen-bond donors (Lipinski definition) is 3. The predicted octanol–water partition coefficient (Wildman–Crippen LogP) is 0.196.